The molecule has 0 N–H and O–H groups in total. The second-order valence-electron chi connectivity index (χ2n) is 9.07. The average molecular weight is 498 g/mol. The van der Waals surface area contributed by atoms with Crippen LogP contribution in [-0.2, 0) is 6.18 Å². The number of rotatable bonds is 3. The van der Waals surface area contributed by atoms with Gasteiger partial charge in [0.1, 0.15) is 0 Å². The van der Waals surface area contributed by atoms with Gasteiger partial charge in [0, 0.05) is 0 Å². The zero-order chi connectivity index (χ0) is 23.3. The Labute approximate surface area is 187 Å². The molecule has 0 saturated heterocycles. The molecule has 32 heavy (non-hydrogen) atoms. The maximum atomic E-state index is 14.8. The first-order valence-corrected chi connectivity index (χ1v) is 17.7. The molecule has 0 spiro atoms. The third-order valence-corrected chi connectivity index (χ3v) is 9.99. The number of aromatic nitrogens is 1. The summed E-state index contributed by atoms with van der Waals surface area (Å²) in [6.45, 7) is 1.97. The SMILES string of the molecule is Cc1cc(-c2cc(-c3cc[c]([Ge]([CH3])([CH3])[CH3])cc3C(F)(F)F)c(F)cn2)cc2ccccc12. The average Bonchev–Trinajstić information content (AvgIpc) is 2.72. The minimum absolute atomic E-state index is 0.0962. The molecule has 0 bridgehead atoms. The number of halogens is 4. The van der Waals surface area contributed by atoms with Gasteiger partial charge in [-0.1, -0.05) is 6.07 Å². The summed E-state index contributed by atoms with van der Waals surface area (Å²) in [7, 11) is 0. The molecule has 4 aromatic rings. The topological polar surface area (TPSA) is 12.9 Å². The zero-order valence-corrected chi connectivity index (χ0v) is 20.4. The van der Waals surface area contributed by atoms with Crippen LogP contribution in [-0.4, -0.2) is 18.3 Å². The van der Waals surface area contributed by atoms with Crippen LogP contribution in [0.1, 0.15) is 11.1 Å². The summed E-state index contributed by atoms with van der Waals surface area (Å²) in [5, 5.41) is 2.08. The van der Waals surface area contributed by atoms with Crippen LogP contribution in [0.15, 0.2) is 66.9 Å². The van der Waals surface area contributed by atoms with Gasteiger partial charge in [-0.25, -0.2) is 0 Å². The van der Waals surface area contributed by atoms with Crippen LogP contribution in [0, 0.1) is 12.7 Å². The molecule has 0 amide bonds. The van der Waals surface area contributed by atoms with Crippen molar-refractivity contribution in [2.24, 2.45) is 0 Å². The predicted molar refractivity (Wildman–Crippen MR) is 125 cm³/mol. The Kier molecular flexibility index (Phi) is 5.65. The van der Waals surface area contributed by atoms with Crippen LogP contribution in [0.2, 0.25) is 17.3 Å². The molecule has 0 radical (unpaired) electrons. The van der Waals surface area contributed by atoms with Crippen LogP contribution in [0.25, 0.3) is 33.2 Å². The standard InChI is InChI=1S/C26H23F4GeN/c1-16-11-18(12-17-7-5-6-8-20(16)17)25-14-22(24(27)15-32-25)21-10-9-19(31(2,3)4)13-23(21)26(28,29)30/h5-15H,1-4H3. The van der Waals surface area contributed by atoms with Crippen molar-refractivity contribution >= 4 is 28.4 Å². The van der Waals surface area contributed by atoms with Gasteiger partial charge < -0.3 is 0 Å². The van der Waals surface area contributed by atoms with Crippen molar-refractivity contribution < 1.29 is 17.6 Å². The van der Waals surface area contributed by atoms with Gasteiger partial charge in [0.15, 0.2) is 0 Å². The molecular weight excluding hydrogens is 475 g/mol. The fourth-order valence-electron chi connectivity index (χ4n) is 3.93. The van der Waals surface area contributed by atoms with Crippen molar-refractivity contribution in [1.82, 2.24) is 4.98 Å². The molecule has 3 aromatic carbocycles. The van der Waals surface area contributed by atoms with Crippen molar-refractivity contribution in [3.8, 4) is 22.4 Å². The van der Waals surface area contributed by atoms with Crippen molar-refractivity contribution in [3.05, 3.63) is 83.8 Å². The van der Waals surface area contributed by atoms with Crippen molar-refractivity contribution in [2.75, 3.05) is 0 Å². The van der Waals surface area contributed by atoms with Crippen LogP contribution in [0.4, 0.5) is 17.6 Å². The number of hydrogen-bond acceptors (Lipinski definition) is 1. The molecule has 1 nitrogen and oxygen atoms in total. The van der Waals surface area contributed by atoms with E-state index < -0.39 is 30.8 Å². The normalized spacial score (nSPS) is 12.4. The van der Waals surface area contributed by atoms with Gasteiger partial charge >= 0.3 is 181 Å². The number of nitrogens with zero attached hydrogens (tertiary/aromatic N) is 1. The van der Waals surface area contributed by atoms with Gasteiger partial charge in [-0.05, 0) is 0 Å². The summed E-state index contributed by atoms with van der Waals surface area (Å²) in [6, 6.07) is 17.4. The zero-order valence-electron chi connectivity index (χ0n) is 18.3. The quantitative estimate of drug-likeness (QED) is 0.210. The van der Waals surface area contributed by atoms with Crippen molar-refractivity contribution in [3.63, 3.8) is 0 Å². The van der Waals surface area contributed by atoms with Gasteiger partial charge in [-0.2, -0.15) is 0 Å². The summed E-state index contributed by atoms with van der Waals surface area (Å²) < 4.78 is 57.4. The molecule has 6 heteroatoms. The molecule has 0 atom stereocenters. The van der Waals surface area contributed by atoms with Gasteiger partial charge in [0.25, 0.3) is 0 Å². The molecule has 0 aliphatic rings. The number of pyridine rings is 1. The maximum absolute atomic E-state index is 14.8. The first-order chi connectivity index (χ1) is 14.9. The van der Waals surface area contributed by atoms with Crippen LogP contribution in [0.3, 0.4) is 0 Å². The fraction of sp³-hybridized carbons (Fsp3) is 0.192. The number of alkyl halides is 3. The molecule has 1 aromatic heterocycles. The summed E-state index contributed by atoms with van der Waals surface area (Å²) in [5.41, 5.74) is 1.12. The first kappa shape index (κ1) is 22.5. The molecule has 0 saturated carbocycles. The molecule has 164 valence electrons. The number of benzene rings is 3. The number of fused-ring (bicyclic) bond motifs is 1. The van der Waals surface area contributed by atoms with E-state index in [1.165, 1.54) is 18.2 Å². The Morgan fingerprint density at radius 1 is 0.844 bits per heavy atom. The molecule has 0 aliphatic heterocycles. The van der Waals surface area contributed by atoms with Crippen molar-refractivity contribution in [2.45, 2.75) is 30.4 Å². The second kappa shape index (κ2) is 8.03. The summed E-state index contributed by atoms with van der Waals surface area (Å²) in [6.07, 6.45) is -3.58. The van der Waals surface area contributed by atoms with E-state index in [4.69, 9.17) is 0 Å². The third-order valence-electron chi connectivity index (χ3n) is 5.70. The van der Waals surface area contributed by atoms with Gasteiger partial charge in [-0.3, -0.25) is 0 Å². The van der Waals surface area contributed by atoms with E-state index in [1.54, 1.807) is 6.07 Å². The molecule has 0 aliphatic carbocycles. The molecular formula is C26H23F4GeN. The van der Waals surface area contributed by atoms with E-state index in [2.05, 4.69) is 4.98 Å². The van der Waals surface area contributed by atoms with Crippen LogP contribution >= 0.6 is 0 Å². The van der Waals surface area contributed by atoms with Crippen LogP contribution < -0.4 is 4.40 Å². The first-order valence-electron chi connectivity index (χ1n) is 10.3. The molecule has 0 unspecified atom stereocenters. The molecule has 4 rings (SSSR count). The van der Waals surface area contributed by atoms with E-state index >= 15 is 0 Å². The van der Waals surface area contributed by atoms with Gasteiger partial charge in [0.05, 0.1) is 0 Å². The Morgan fingerprint density at radius 3 is 2.25 bits per heavy atom. The monoisotopic (exact) mass is 499 g/mol. The number of aryl methyl sites for hydroxylation is 1. The van der Waals surface area contributed by atoms with E-state index in [9.17, 15) is 17.6 Å². The Bertz CT molecular complexity index is 1320. The van der Waals surface area contributed by atoms with Crippen molar-refractivity contribution in [1.29, 1.82) is 0 Å². The van der Waals surface area contributed by atoms with E-state index in [0.29, 0.717) is 5.69 Å². The summed E-state index contributed by atoms with van der Waals surface area (Å²) in [4.78, 5) is 4.18. The summed E-state index contributed by atoms with van der Waals surface area (Å²) in [5.74, 6) is 5.31. The summed E-state index contributed by atoms with van der Waals surface area (Å²) >= 11 is -2.51. The van der Waals surface area contributed by atoms with Crippen LogP contribution in [0.5, 0.6) is 0 Å². The van der Waals surface area contributed by atoms with Gasteiger partial charge in [0.2, 0.25) is 0 Å². The van der Waals surface area contributed by atoms with E-state index in [0.717, 1.165) is 32.5 Å². The van der Waals surface area contributed by atoms with Gasteiger partial charge in [-0.15, -0.1) is 0 Å². The minimum atomic E-state index is -4.59. The Balaban J connectivity index is 1.91. The third kappa shape index (κ3) is 4.31. The Morgan fingerprint density at radius 2 is 1.56 bits per heavy atom. The van der Waals surface area contributed by atoms with E-state index in [-0.39, 0.29) is 11.1 Å². The Hall–Kier alpha value is -2.67. The number of hydrogen-bond donors (Lipinski definition) is 0. The molecule has 0 fully saturated rings. The molecule has 1 heterocycles. The predicted octanol–water partition coefficient (Wildman–Crippen LogP) is 7.58. The fourth-order valence-corrected chi connectivity index (χ4v) is 6.37. The second-order valence-corrected chi connectivity index (χ2v) is 19.7. The van der Waals surface area contributed by atoms with E-state index in [1.807, 2.05) is 60.6 Å².